The Balaban J connectivity index is 1.60. The van der Waals surface area contributed by atoms with Gasteiger partial charge < -0.3 is 19.8 Å². The van der Waals surface area contributed by atoms with Gasteiger partial charge in [0.15, 0.2) is 0 Å². The highest BCUT2D eigenvalue weighted by Gasteiger charge is 2.44. The molecule has 1 saturated carbocycles. The molecule has 0 aromatic heterocycles. The van der Waals surface area contributed by atoms with Gasteiger partial charge in [0.25, 0.3) is 0 Å². The molecule has 2 N–H and O–H groups in total. The van der Waals surface area contributed by atoms with E-state index in [2.05, 4.69) is 0 Å². The molecule has 1 aliphatic carbocycles. The summed E-state index contributed by atoms with van der Waals surface area (Å²) < 4.78 is 5.39. The number of aliphatic carboxylic acids is 1. The van der Waals surface area contributed by atoms with E-state index >= 15 is 0 Å². The van der Waals surface area contributed by atoms with Crippen LogP contribution < -0.4 is 0 Å². The molecule has 1 amide bonds. The van der Waals surface area contributed by atoms with E-state index in [1.54, 1.807) is 4.90 Å². The Morgan fingerprint density at radius 3 is 2.19 bits per heavy atom. The quantitative estimate of drug-likeness (QED) is 0.864. The SMILES string of the molecule is CC(C)(C)OC(=O)N1CCC(O)(c2ccc(C3CC3C(=O)O)cc2)CC1. The minimum absolute atomic E-state index is 0.0882. The van der Waals surface area contributed by atoms with Crippen LogP contribution in [0.4, 0.5) is 4.79 Å². The lowest BCUT2D eigenvalue weighted by Gasteiger charge is -2.39. The summed E-state index contributed by atoms with van der Waals surface area (Å²) in [6.45, 7) is 6.39. The second-order valence-electron chi connectivity index (χ2n) is 8.41. The summed E-state index contributed by atoms with van der Waals surface area (Å²) in [5, 5.41) is 20.0. The largest absolute Gasteiger partial charge is 0.481 e. The third-order valence-corrected chi connectivity index (χ3v) is 5.23. The van der Waals surface area contributed by atoms with E-state index in [0.717, 1.165) is 11.1 Å². The Hall–Kier alpha value is -2.08. The van der Waals surface area contributed by atoms with Crippen LogP contribution in [0.3, 0.4) is 0 Å². The molecule has 26 heavy (non-hydrogen) atoms. The molecular weight excluding hydrogens is 334 g/mol. The van der Waals surface area contributed by atoms with Crippen molar-refractivity contribution in [1.29, 1.82) is 0 Å². The molecule has 142 valence electrons. The number of benzene rings is 1. The Labute approximate surface area is 153 Å². The van der Waals surface area contributed by atoms with Gasteiger partial charge >= 0.3 is 12.1 Å². The van der Waals surface area contributed by atoms with Crippen molar-refractivity contribution in [2.24, 2.45) is 5.92 Å². The van der Waals surface area contributed by atoms with E-state index in [-0.39, 0.29) is 17.9 Å². The summed E-state index contributed by atoms with van der Waals surface area (Å²) in [6.07, 6.45) is 1.24. The number of hydrogen-bond acceptors (Lipinski definition) is 4. The maximum Gasteiger partial charge on any atom is 0.410 e. The lowest BCUT2D eigenvalue weighted by molar-refractivity contribution is -0.138. The summed E-state index contributed by atoms with van der Waals surface area (Å²) in [7, 11) is 0. The first-order valence-corrected chi connectivity index (χ1v) is 9.13. The van der Waals surface area contributed by atoms with Gasteiger partial charge in [0.1, 0.15) is 5.60 Å². The van der Waals surface area contributed by atoms with Crippen LogP contribution in [0.2, 0.25) is 0 Å². The van der Waals surface area contributed by atoms with Gasteiger partial charge in [-0.15, -0.1) is 0 Å². The molecule has 1 aliphatic heterocycles. The highest BCUT2D eigenvalue weighted by molar-refractivity contribution is 5.75. The molecule has 1 aromatic carbocycles. The Kier molecular flexibility index (Phi) is 4.73. The number of piperidine rings is 1. The summed E-state index contributed by atoms with van der Waals surface area (Å²) in [5.41, 5.74) is 0.331. The van der Waals surface area contributed by atoms with E-state index in [4.69, 9.17) is 9.84 Å². The fourth-order valence-corrected chi connectivity index (χ4v) is 3.55. The fourth-order valence-electron chi connectivity index (χ4n) is 3.55. The van der Waals surface area contributed by atoms with Gasteiger partial charge in [0, 0.05) is 13.1 Å². The first kappa shape index (κ1) is 18.7. The van der Waals surface area contributed by atoms with Gasteiger partial charge in [-0.1, -0.05) is 24.3 Å². The molecule has 1 aromatic rings. The number of carboxylic acids is 1. The van der Waals surface area contributed by atoms with Crippen molar-refractivity contribution >= 4 is 12.1 Å². The third kappa shape index (κ3) is 4.01. The van der Waals surface area contributed by atoms with Crippen molar-refractivity contribution in [3.05, 3.63) is 35.4 Å². The maximum atomic E-state index is 12.1. The molecule has 1 heterocycles. The standard InChI is InChI=1S/C20H27NO5/c1-19(2,3)26-18(24)21-10-8-20(25,9-11-21)14-6-4-13(5-7-14)15-12-16(15)17(22)23/h4-7,15-16,25H,8-12H2,1-3H3,(H,22,23). The number of nitrogens with zero attached hydrogens (tertiary/aromatic N) is 1. The van der Waals surface area contributed by atoms with Crippen LogP contribution in [0, 0.1) is 5.92 Å². The van der Waals surface area contributed by atoms with E-state index < -0.39 is 17.2 Å². The van der Waals surface area contributed by atoms with Crippen molar-refractivity contribution in [3.63, 3.8) is 0 Å². The van der Waals surface area contributed by atoms with Crippen molar-refractivity contribution in [2.45, 2.75) is 57.2 Å². The van der Waals surface area contributed by atoms with Crippen LogP contribution in [0.15, 0.2) is 24.3 Å². The lowest BCUT2D eigenvalue weighted by atomic mass is 9.84. The Morgan fingerprint density at radius 2 is 1.73 bits per heavy atom. The second kappa shape index (κ2) is 6.58. The average Bonchev–Trinajstić information content (AvgIpc) is 3.35. The average molecular weight is 361 g/mol. The Bertz CT molecular complexity index is 683. The molecular formula is C20H27NO5. The van der Waals surface area contributed by atoms with Crippen molar-refractivity contribution in [1.82, 2.24) is 4.90 Å². The van der Waals surface area contributed by atoms with Gasteiger partial charge in [-0.2, -0.15) is 0 Å². The molecule has 2 aliphatic rings. The number of carbonyl (C=O) groups excluding carboxylic acids is 1. The molecule has 0 radical (unpaired) electrons. The van der Waals surface area contributed by atoms with Gasteiger partial charge in [-0.05, 0) is 57.1 Å². The van der Waals surface area contributed by atoms with E-state index in [1.165, 1.54) is 0 Å². The number of amides is 1. The summed E-state index contributed by atoms with van der Waals surface area (Å²) in [6, 6.07) is 7.60. The molecule has 3 rings (SSSR count). The number of rotatable bonds is 3. The zero-order valence-electron chi connectivity index (χ0n) is 15.6. The highest BCUT2D eigenvalue weighted by Crippen LogP contribution is 2.48. The second-order valence-corrected chi connectivity index (χ2v) is 8.41. The lowest BCUT2D eigenvalue weighted by Crippen LogP contribution is -2.46. The zero-order valence-corrected chi connectivity index (χ0v) is 15.6. The molecule has 6 nitrogen and oxygen atoms in total. The highest BCUT2D eigenvalue weighted by atomic mass is 16.6. The molecule has 1 saturated heterocycles. The monoisotopic (exact) mass is 361 g/mol. The van der Waals surface area contributed by atoms with Gasteiger partial charge in [0.05, 0.1) is 11.5 Å². The molecule has 0 spiro atoms. The molecule has 2 fully saturated rings. The number of hydrogen-bond donors (Lipinski definition) is 2. The normalized spacial score (nSPS) is 24.8. The first-order valence-electron chi connectivity index (χ1n) is 9.13. The van der Waals surface area contributed by atoms with E-state index in [0.29, 0.717) is 32.4 Å². The van der Waals surface area contributed by atoms with Crippen LogP contribution >= 0.6 is 0 Å². The predicted octanol–water partition coefficient (Wildman–Crippen LogP) is 3.09. The molecule has 2 atom stereocenters. The van der Waals surface area contributed by atoms with Crippen LogP contribution in [0.5, 0.6) is 0 Å². The number of aliphatic hydroxyl groups is 1. The topological polar surface area (TPSA) is 87.1 Å². The van der Waals surface area contributed by atoms with E-state index in [9.17, 15) is 14.7 Å². The van der Waals surface area contributed by atoms with Gasteiger partial charge in [-0.3, -0.25) is 4.79 Å². The van der Waals surface area contributed by atoms with E-state index in [1.807, 2.05) is 45.0 Å². The van der Waals surface area contributed by atoms with Crippen LogP contribution in [0.1, 0.15) is 57.1 Å². The summed E-state index contributed by atoms with van der Waals surface area (Å²) >= 11 is 0. The molecule has 0 bridgehead atoms. The summed E-state index contributed by atoms with van der Waals surface area (Å²) in [4.78, 5) is 24.8. The van der Waals surface area contributed by atoms with Gasteiger partial charge in [0.2, 0.25) is 0 Å². The minimum Gasteiger partial charge on any atom is -0.481 e. The Morgan fingerprint density at radius 1 is 1.15 bits per heavy atom. The van der Waals surface area contributed by atoms with Crippen LogP contribution in [-0.2, 0) is 15.1 Å². The number of likely N-dealkylation sites (tertiary alicyclic amines) is 1. The third-order valence-electron chi connectivity index (χ3n) is 5.23. The van der Waals surface area contributed by atoms with Gasteiger partial charge in [-0.25, -0.2) is 4.79 Å². The van der Waals surface area contributed by atoms with Crippen LogP contribution in [0.25, 0.3) is 0 Å². The number of carboxylic acid groups (broad SMARTS) is 1. The fraction of sp³-hybridized carbons (Fsp3) is 0.600. The number of carbonyl (C=O) groups is 2. The van der Waals surface area contributed by atoms with Crippen LogP contribution in [-0.4, -0.2) is 45.9 Å². The molecule has 2 unspecified atom stereocenters. The summed E-state index contributed by atoms with van der Waals surface area (Å²) in [5.74, 6) is -0.932. The van der Waals surface area contributed by atoms with Crippen molar-refractivity contribution in [3.8, 4) is 0 Å². The van der Waals surface area contributed by atoms with Crippen molar-refractivity contribution in [2.75, 3.05) is 13.1 Å². The number of ether oxygens (including phenoxy) is 1. The smallest absolute Gasteiger partial charge is 0.410 e. The molecule has 6 heteroatoms. The maximum absolute atomic E-state index is 12.1. The predicted molar refractivity (Wildman–Crippen MR) is 95.9 cm³/mol. The van der Waals surface area contributed by atoms with Crippen molar-refractivity contribution < 1.29 is 24.5 Å². The first-order chi connectivity index (χ1) is 12.1. The zero-order chi connectivity index (χ0) is 19.1. The minimum atomic E-state index is -0.965.